The van der Waals surface area contributed by atoms with Crippen LogP contribution < -0.4 is 0 Å². The maximum atomic E-state index is 13.1. The second-order valence-corrected chi connectivity index (χ2v) is 9.91. The molecule has 158 valence electrons. The van der Waals surface area contributed by atoms with E-state index >= 15 is 0 Å². The van der Waals surface area contributed by atoms with Gasteiger partial charge in [-0.3, -0.25) is 9.59 Å². The first-order chi connectivity index (χ1) is 14.9. The van der Waals surface area contributed by atoms with Crippen molar-refractivity contribution in [2.75, 3.05) is 0 Å². The fourth-order valence-electron chi connectivity index (χ4n) is 6.13. The zero-order chi connectivity index (χ0) is 21.6. The number of hydrazone groups is 1. The molecule has 0 unspecified atom stereocenters. The van der Waals surface area contributed by atoms with Crippen LogP contribution in [-0.4, -0.2) is 27.6 Å². The van der Waals surface area contributed by atoms with Crippen molar-refractivity contribution in [2.45, 2.75) is 20.3 Å². The average molecular weight is 454 g/mol. The van der Waals surface area contributed by atoms with E-state index < -0.39 is 0 Å². The highest BCUT2D eigenvalue weighted by Crippen LogP contribution is 2.65. The van der Waals surface area contributed by atoms with Crippen molar-refractivity contribution >= 4 is 41.2 Å². The standard InChI is InChI=1S/C24H21Cl2N3O2/c1-11-8-13(12(2)28(11)19-5-3-4-18(25)22(19)26)10-27-29-23(30)20-14-6-7-15(17-9-16(14)17)21(20)24(29)31/h3-8,10,14-17,20-21H,9H2,1-2H3/b27-10-/t14-,15-,16-,17+,20+,21+/m0/s1. The largest absolute Gasteiger partial charge is 0.316 e. The third-order valence-electron chi connectivity index (χ3n) is 7.59. The number of carbonyl (C=O) groups excluding carboxylic acids is 2. The van der Waals surface area contributed by atoms with Gasteiger partial charge >= 0.3 is 0 Å². The maximum absolute atomic E-state index is 13.1. The monoisotopic (exact) mass is 453 g/mol. The molecule has 0 N–H and O–H groups in total. The van der Waals surface area contributed by atoms with E-state index in [0.717, 1.165) is 34.1 Å². The quantitative estimate of drug-likeness (QED) is 0.381. The first kappa shape index (κ1) is 19.3. The van der Waals surface area contributed by atoms with Crippen LogP contribution in [0.4, 0.5) is 0 Å². The number of hydrogen-bond acceptors (Lipinski definition) is 3. The van der Waals surface area contributed by atoms with Crippen molar-refractivity contribution < 1.29 is 9.59 Å². The van der Waals surface area contributed by atoms with E-state index in [2.05, 4.69) is 17.3 Å². The van der Waals surface area contributed by atoms with Gasteiger partial charge in [0.05, 0.1) is 33.8 Å². The van der Waals surface area contributed by atoms with Crippen LogP contribution in [0.15, 0.2) is 41.5 Å². The summed E-state index contributed by atoms with van der Waals surface area (Å²) in [4.78, 5) is 26.2. The SMILES string of the molecule is Cc1cc(/C=N\N2C(=O)[C@@H]3[C@H]4C=C[C@@H]([C@@H]5C[C@H]45)[C@H]3C2=O)c(C)n1-c1cccc(Cl)c1Cl. The minimum Gasteiger partial charge on any atom is -0.316 e. The van der Waals surface area contributed by atoms with Crippen LogP contribution >= 0.6 is 23.2 Å². The van der Waals surface area contributed by atoms with E-state index in [1.807, 2.05) is 36.6 Å². The Morgan fingerprint density at radius 2 is 1.68 bits per heavy atom. The van der Waals surface area contributed by atoms with Gasteiger partial charge in [-0.25, -0.2) is 0 Å². The van der Waals surface area contributed by atoms with E-state index in [1.165, 1.54) is 0 Å². The van der Waals surface area contributed by atoms with Gasteiger partial charge in [0.25, 0.3) is 11.8 Å². The molecule has 2 amide bonds. The molecule has 31 heavy (non-hydrogen) atoms. The van der Waals surface area contributed by atoms with E-state index in [-0.39, 0.29) is 35.5 Å². The molecule has 4 aliphatic carbocycles. The van der Waals surface area contributed by atoms with Gasteiger partial charge in [0.2, 0.25) is 0 Å². The molecule has 2 aromatic rings. The molecule has 2 saturated carbocycles. The number of nitrogens with zero attached hydrogens (tertiary/aromatic N) is 3. The van der Waals surface area contributed by atoms with Crippen molar-refractivity contribution in [3.8, 4) is 5.69 Å². The number of benzene rings is 1. The van der Waals surface area contributed by atoms with Crippen molar-refractivity contribution in [3.63, 3.8) is 0 Å². The molecule has 1 aliphatic heterocycles. The zero-order valence-corrected chi connectivity index (χ0v) is 18.6. The Morgan fingerprint density at radius 1 is 1.03 bits per heavy atom. The van der Waals surface area contributed by atoms with Crippen LogP contribution in [0.5, 0.6) is 0 Å². The summed E-state index contributed by atoms with van der Waals surface area (Å²) in [5.41, 5.74) is 3.47. The minimum absolute atomic E-state index is 0.150. The van der Waals surface area contributed by atoms with Crippen LogP contribution in [0, 0.1) is 49.4 Å². The van der Waals surface area contributed by atoms with Gasteiger partial charge in [-0.15, -0.1) is 0 Å². The lowest BCUT2D eigenvalue weighted by atomic mass is 9.63. The molecule has 0 radical (unpaired) electrons. The molecule has 7 rings (SSSR count). The average Bonchev–Trinajstić information content (AvgIpc) is 3.48. The van der Waals surface area contributed by atoms with Gasteiger partial charge in [-0.2, -0.15) is 10.1 Å². The smallest absolute Gasteiger partial charge is 0.254 e. The number of aryl methyl sites for hydroxylation is 1. The fraction of sp³-hybridized carbons (Fsp3) is 0.375. The summed E-state index contributed by atoms with van der Waals surface area (Å²) in [6.45, 7) is 3.93. The Hall–Kier alpha value is -2.37. The summed E-state index contributed by atoms with van der Waals surface area (Å²) in [7, 11) is 0. The Balaban J connectivity index is 1.32. The molecule has 5 aliphatic rings. The molecule has 1 aromatic heterocycles. The van der Waals surface area contributed by atoms with Crippen molar-refractivity contribution in [1.82, 2.24) is 9.58 Å². The molecule has 5 nitrogen and oxygen atoms in total. The van der Waals surface area contributed by atoms with Crippen LogP contribution in [0.1, 0.15) is 23.4 Å². The first-order valence-electron chi connectivity index (χ1n) is 10.6. The van der Waals surface area contributed by atoms with Crippen LogP contribution in [0.2, 0.25) is 10.0 Å². The number of allylic oxidation sites excluding steroid dienone is 2. The van der Waals surface area contributed by atoms with E-state index in [4.69, 9.17) is 23.2 Å². The highest BCUT2D eigenvalue weighted by atomic mass is 35.5. The first-order valence-corrected chi connectivity index (χ1v) is 11.4. The highest BCUT2D eigenvalue weighted by molar-refractivity contribution is 6.43. The number of imide groups is 1. The number of aromatic nitrogens is 1. The lowest BCUT2D eigenvalue weighted by molar-refractivity contribution is -0.140. The lowest BCUT2D eigenvalue weighted by Crippen LogP contribution is -2.40. The zero-order valence-electron chi connectivity index (χ0n) is 17.1. The number of amides is 2. The molecular formula is C24H21Cl2N3O2. The summed E-state index contributed by atoms with van der Waals surface area (Å²) < 4.78 is 2.00. The summed E-state index contributed by atoms with van der Waals surface area (Å²) in [5.74, 6) is 0.794. The molecule has 1 saturated heterocycles. The Bertz CT molecular complexity index is 1180. The van der Waals surface area contributed by atoms with E-state index in [0.29, 0.717) is 21.9 Å². The Morgan fingerprint density at radius 3 is 2.32 bits per heavy atom. The number of hydrogen-bond donors (Lipinski definition) is 0. The van der Waals surface area contributed by atoms with Crippen molar-refractivity contribution in [2.24, 2.45) is 40.6 Å². The minimum atomic E-state index is -0.235. The summed E-state index contributed by atoms with van der Waals surface area (Å²) in [6, 6.07) is 7.47. The Labute approximate surface area is 190 Å². The molecule has 1 aromatic carbocycles. The molecule has 2 heterocycles. The van der Waals surface area contributed by atoms with Gasteiger partial charge in [0, 0.05) is 17.0 Å². The third kappa shape index (κ3) is 2.60. The van der Waals surface area contributed by atoms with Crippen LogP contribution in [0.25, 0.3) is 5.69 Å². The van der Waals surface area contributed by atoms with Crippen LogP contribution in [0.3, 0.4) is 0 Å². The summed E-state index contributed by atoms with van der Waals surface area (Å²) in [5, 5.41) is 6.45. The van der Waals surface area contributed by atoms with E-state index in [1.54, 1.807) is 12.3 Å². The predicted octanol–water partition coefficient (Wildman–Crippen LogP) is 4.79. The molecule has 0 spiro atoms. The number of halogens is 2. The molecular weight excluding hydrogens is 433 g/mol. The topological polar surface area (TPSA) is 54.7 Å². The lowest BCUT2D eigenvalue weighted by Gasteiger charge is -2.37. The third-order valence-corrected chi connectivity index (χ3v) is 8.40. The van der Waals surface area contributed by atoms with Gasteiger partial charge in [-0.1, -0.05) is 41.4 Å². The number of rotatable bonds is 3. The Kier molecular flexibility index (Phi) is 4.09. The highest BCUT2D eigenvalue weighted by Gasteiger charge is 2.67. The molecule has 2 bridgehead atoms. The van der Waals surface area contributed by atoms with Crippen molar-refractivity contribution in [1.29, 1.82) is 0 Å². The summed E-state index contributed by atoms with van der Waals surface area (Å²) in [6.07, 6.45) is 7.10. The summed E-state index contributed by atoms with van der Waals surface area (Å²) >= 11 is 12.6. The van der Waals surface area contributed by atoms with E-state index in [9.17, 15) is 9.59 Å². The van der Waals surface area contributed by atoms with Gasteiger partial charge in [0.15, 0.2) is 0 Å². The number of carbonyl (C=O) groups is 2. The van der Waals surface area contributed by atoms with Gasteiger partial charge in [-0.05, 0) is 62.1 Å². The molecule has 7 heteroatoms. The van der Waals surface area contributed by atoms with Crippen molar-refractivity contribution in [3.05, 3.63) is 63.4 Å². The second-order valence-electron chi connectivity index (χ2n) is 9.12. The molecule has 6 atom stereocenters. The van der Waals surface area contributed by atoms with Gasteiger partial charge in [0.1, 0.15) is 0 Å². The van der Waals surface area contributed by atoms with Crippen LogP contribution in [-0.2, 0) is 9.59 Å². The maximum Gasteiger partial charge on any atom is 0.254 e. The second kappa shape index (κ2) is 6.57. The fourth-order valence-corrected chi connectivity index (χ4v) is 6.51. The predicted molar refractivity (Wildman–Crippen MR) is 119 cm³/mol. The molecule has 3 fully saturated rings. The normalized spacial score (nSPS) is 32.8. The van der Waals surface area contributed by atoms with Gasteiger partial charge < -0.3 is 4.57 Å².